The second-order valence-corrected chi connectivity index (χ2v) is 7.06. The highest BCUT2D eigenvalue weighted by Crippen LogP contribution is 2.34. The average Bonchev–Trinajstić information content (AvgIpc) is 2.90. The van der Waals surface area contributed by atoms with Crippen LogP contribution in [-0.4, -0.2) is 36.3 Å². The molecule has 0 amide bonds. The third-order valence-corrected chi connectivity index (χ3v) is 4.72. The molecule has 0 unspecified atom stereocenters. The van der Waals surface area contributed by atoms with Crippen LogP contribution < -0.4 is 0 Å². The molecule has 0 bridgehead atoms. The summed E-state index contributed by atoms with van der Waals surface area (Å²) in [5.74, 6) is 0.115. The van der Waals surface area contributed by atoms with Gasteiger partial charge < -0.3 is 9.67 Å². The molecule has 0 saturated carbocycles. The maximum Gasteiger partial charge on any atom is 0.417 e. The molecule has 0 atom stereocenters. The number of carboxylic acid groups (broad SMARTS) is 1. The van der Waals surface area contributed by atoms with Crippen molar-refractivity contribution in [2.75, 3.05) is 5.75 Å². The lowest BCUT2D eigenvalue weighted by atomic mass is 10.2. The minimum absolute atomic E-state index is 0.117. The van der Waals surface area contributed by atoms with Crippen molar-refractivity contribution < 1.29 is 23.1 Å². The fraction of sp³-hybridized carbons (Fsp3) is 0.294. The number of aromatic nitrogens is 4. The van der Waals surface area contributed by atoms with Gasteiger partial charge >= 0.3 is 12.1 Å². The molecule has 0 aromatic carbocycles. The third kappa shape index (κ3) is 3.90. The predicted octanol–water partition coefficient (Wildman–Crippen LogP) is 3.79. The minimum Gasteiger partial charge on any atom is -0.481 e. The van der Waals surface area contributed by atoms with Crippen LogP contribution in [0.4, 0.5) is 13.2 Å². The Morgan fingerprint density at radius 2 is 2.00 bits per heavy atom. The highest BCUT2D eigenvalue weighted by molar-refractivity contribution is 7.99. The van der Waals surface area contributed by atoms with E-state index in [-0.39, 0.29) is 11.9 Å². The number of alkyl halides is 3. The molecule has 3 aromatic heterocycles. The lowest BCUT2D eigenvalue weighted by Crippen LogP contribution is -2.05. The molecule has 0 saturated heterocycles. The first kappa shape index (κ1) is 19.2. The van der Waals surface area contributed by atoms with E-state index in [0.717, 1.165) is 12.3 Å². The summed E-state index contributed by atoms with van der Waals surface area (Å²) in [7, 11) is 1.65. The molecule has 0 aliphatic carbocycles. The Morgan fingerprint density at radius 1 is 1.26 bits per heavy atom. The Morgan fingerprint density at radius 3 is 2.63 bits per heavy atom. The molecular formula is C17H15F3N4O2S. The number of aliphatic carboxylic acids is 1. The average molecular weight is 396 g/mol. The van der Waals surface area contributed by atoms with Gasteiger partial charge in [-0.25, -0.2) is 9.97 Å². The summed E-state index contributed by atoms with van der Waals surface area (Å²) >= 11 is 1.45. The summed E-state index contributed by atoms with van der Waals surface area (Å²) in [5.41, 5.74) is 0.573. The van der Waals surface area contributed by atoms with Crippen LogP contribution >= 0.6 is 11.8 Å². The third-order valence-electron chi connectivity index (χ3n) is 3.81. The molecule has 0 radical (unpaired) electrons. The van der Waals surface area contributed by atoms with Crippen LogP contribution in [0.15, 0.2) is 29.4 Å². The zero-order valence-electron chi connectivity index (χ0n) is 14.4. The summed E-state index contributed by atoms with van der Waals surface area (Å²) in [6.45, 7) is 1.93. The Bertz CT molecular complexity index is 1020. The Kier molecular flexibility index (Phi) is 5.09. The van der Waals surface area contributed by atoms with E-state index in [0.29, 0.717) is 33.4 Å². The smallest absolute Gasteiger partial charge is 0.417 e. The fourth-order valence-corrected chi connectivity index (χ4v) is 3.46. The van der Waals surface area contributed by atoms with E-state index in [4.69, 9.17) is 5.11 Å². The summed E-state index contributed by atoms with van der Waals surface area (Å²) in [4.78, 5) is 24.2. The van der Waals surface area contributed by atoms with E-state index >= 15 is 0 Å². The number of hydrogen-bond donors (Lipinski definition) is 1. The molecule has 10 heteroatoms. The van der Waals surface area contributed by atoms with Gasteiger partial charge in [-0.3, -0.25) is 9.78 Å². The molecule has 3 heterocycles. The van der Waals surface area contributed by atoms with Crippen LogP contribution in [0.1, 0.15) is 18.1 Å². The molecule has 0 fully saturated rings. The Labute approximate surface area is 156 Å². The van der Waals surface area contributed by atoms with Gasteiger partial charge in [-0.2, -0.15) is 13.2 Å². The van der Waals surface area contributed by atoms with Crippen molar-refractivity contribution in [2.45, 2.75) is 24.4 Å². The standard InChI is InChI=1S/C17H15F3N4O2S/c1-3-27-12-4-9(5-13(25)26)7-21-14(12)16-23-11-6-10(17(18,19)20)8-22-15(11)24(16)2/h4,6-8H,3,5H2,1-2H3,(H,25,26). The van der Waals surface area contributed by atoms with E-state index in [2.05, 4.69) is 15.0 Å². The molecule has 142 valence electrons. The fourth-order valence-electron chi connectivity index (χ4n) is 2.63. The molecule has 0 spiro atoms. The number of carboxylic acids is 1. The second kappa shape index (κ2) is 7.18. The summed E-state index contributed by atoms with van der Waals surface area (Å²) < 4.78 is 40.3. The number of halogens is 3. The number of pyridine rings is 2. The van der Waals surface area contributed by atoms with Gasteiger partial charge in [0.15, 0.2) is 11.5 Å². The molecule has 6 nitrogen and oxygen atoms in total. The summed E-state index contributed by atoms with van der Waals surface area (Å²) in [6, 6.07) is 2.68. The SMILES string of the molecule is CCSc1cc(CC(=O)O)cnc1-c1nc2cc(C(F)(F)F)cnc2n1C. The van der Waals surface area contributed by atoms with Crippen LogP contribution in [0, 0.1) is 0 Å². The number of fused-ring (bicyclic) bond motifs is 1. The molecule has 3 aromatic rings. The quantitative estimate of drug-likeness (QED) is 0.661. The summed E-state index contributed by atoms with van der Waals surface area (Å²) in [6.07, 6.45) is -2.45. The van der Waals surface area contributed by atoms with E-state index in [9.17, 15) is 18.0 Å². The van der Waals surface area contributed by atoms with Gasteiger partial charge in [-0.15, -0.1) is 11.8 Å². The topological polar surface area (TPSA) is 80.9 Å². The van der Waals surface area contributed by atoms with E-state index in [1.165, 1.54) is 18.0 Å². The highest BCUT2D eigenvalue weighted by atomic mass is 32.2. The zero-order chi connectivity index (χ0) is 19.8. The largest absolute Gasteiger partial charge is 0.481 e. The van der Waals surface area contributed by atoms with Gasteiger partial charge in [0, 0.05) is 24.3 Å². The van der Waals surface area contributed by atoms with Crippen molar-refractivity contribution in [3.8, 4) is 11.5 Å². The lowest BCUT2D eigenvalue weighted by Gasteiger charge is -2.09. The van der Waals surface area contributed by atoms with E-state index < -0.39 is 17.7 Å². The number of hydrogen-bond acceptors (Lipinski definition) is 5. The van der Waals surface area contributed by atoms with Crippen LogP contribution in [0.25, 0.3) is 22.7 Å². The molecule has 1 N–H and O–H groups in total. The van der Waals surface area contributed by atoms with Gasteiger partial charge in [0.1, 0.15) is 11.2 Å². The number of carbonyl (C=O) groups is 1. The van der Waals surface area contributed by atoms with Gasteiger partial charge in [0.25, 0.3) is 0 Å². The van der Waals surface area contributed by atoms with Gasteiger partial charge in [0.05, 0.1) is 12.0 Å². The van der Waals surface area contributed by atoms with E-state index in [1.807, 2.05) is 6.92 Å². The van der Waals surface area contributed by atoms with Gasteiger partial charge in [-0.1, -0.05) is 6.92 Å². The van der Waals surface area contributed by atoms with Crippen LogP contribution in [0.3, 0.4) is 0 Å². The second-order valence-electron chi connectivity index (χ2n) is 5.75. The minimum atomic E-state index is -4.50. The maximum atomic E-state index is 12.9. The van der Waals surface area contributed by atoms with Crippen LogP contribution in [0.5, 0.6) is 0 Å². The first-order chi connectivity index (χ1) is 12.7. The Hall–Kier alpha value is -2.62. The number of imidazole rings is 1. The van der Waals surface area contributed by atoms with Crippen LogP contribution in [0.2, 0.25) is 0 Å². The zero-order valence-corrected chi connectivity index (χ0v) is 15.2. The first-order valence-corrected chi connectivity index (χ1v) is 8.92. The summed E-state index contributed by atoms with van der Waals surface area (Å²) in [5, 5.41) is 8.95. The van der Waals surface area contributed by atoms with Crippen molar-refractivity contribution in [2.24, 2.45) is 7.05 Å². The van der Waals surface area contributed by atoms with Crippen molar-refractivity contribution in [3.63, 3.8) is 0 Å². The van der Waals surface area contributed by atoms with Gasteiger partial charge in [0.2, 0.25) is 0 Å². The Balaban J connectivity index is 2.13. The molecule has 0 aliphatic heterocycles. The number of aryl methyl sites for hydroxylation is 1. The van der Waals surface area contributed by atoms with Crippen molar-refractivity contribution in [1.29, 1.82) is 0 Å². The monoisotopic (exact) mass is 396 g/mol. The number of thioether (sulfide) groups is 1. The molecule has 0 aliphatic rings. The maximum absolute atomic E-state index is 12.9. The highest BCUT2D eigenvalue weighted by Gasteiger charge is 2.32. The number of nitrogens with zero attached hydrogens (tertiary/aromatic N) is 4. The van der Waals surface area contributed by atoms with Crippen molar-refractivity contribution in [3.05, 3.63) is 35.7 Å². The lowest BCUT2D eigenvalue weighted by molar-refractivity contribution is -0.138. The molecule has 27 heavy (non-hydrogen) atoms. The van der Waals surface area contributed by atoms with E-state index in [1.54, 1.807) is 17.7 Å². The van der Waals surface area contributed by atoms with Crippen molar-refractivity contribution in [1.82, 2.24) is 19.5 Å². The van der Waals surface area contributed by atoms with Gasteiger partial charge in [-0.05, 0) is 23.4 Å². The van der Waals surface area contributed by atoms with Crippen LogP contribution in [-0.2, 0) is 24.4 Å². The number of rotatable bonds is 5. The molecule has 3 rings (SSSR count). The van der Waals surface area contributed by atoms with Crippen molar-refractivity contribution >= 4 is 28.9 Å². The first-order valence-electron chi connectivity index (χ1n) is 7.94. The molecular weight excluding hydrogens is 381 g/mol. The predicted molar refractivity (Wildman–Crippen MR) is 94.5 cm³/mol. The normalized spacial score (nSPS) is 11.9.